The summed E-state index contributed by atoms with van der Waals surface area (Å²) in [6.07, 6.45) is 4.93. The predicted molar refractivity (Wildman–Crippen MR) is 80.3 cm³/mol. The topological polar surface area (TPSA) is 29.9 Å². The van der Waals surface area contributed by atoms with E-state index >= 15 is 0 Å². The third kappa shape index (κ3) is 3.71. The third-order valence-electron chi connectivity index (χ3n) is 3.02. The third-order valence-corrected chi connectivity index (χ3v) is 3.02. The summed E-state index contributed by atoms with van der Waals surface area (Å²) in [4.78, 5) is 4.25. The number of hydrogen-bond acceptors (Lipinski definition) is 2. The lowest BCUT2D eigenvalue weighted by Crippen LogP contribution is -2.03. The highest BCUT2D eigenvalue weighted by Gasteiger charge is 2.03. The molecular weight excluding hydrogens is 234 g/mol. The fraction of sp³-hybridized carbons (Fsp3) is 0.312. The molecule has 0 atom stereocenters. The molecule has 100 valence electrons. The van der Waals surface area contributed by atoms with Crippen molar-refractivity contribution in [2.24, 2.45) is 0 Å². The van der Waals surface area contributed by atoms with Gasteiger partial charge < -0.3 is 9.88 Å². The minimum atomic E-state index is 0.939. The van der Waals surface area contributed by atoms with Gasteiger partial charge in [0.1, 0.15) is 0 Å². The van der Waals surface area contributed by atoms with E-state index in [2.05, 4.69) is 52.8 Å². The second-order valence-corrected chi connectivity index (χ2v) is 5.07. The zero-order chi connectivity index (χ0) is 13.8. The van der Waals surface area contributed by atoms with Gasteiger partial charge in [0.2, 0.25) is 0 Å². The maximum Gasteiger partial charge on any atom is 0.0949 e. The number of rotatable bonds is 5. The number of anilines is 1. The first-order valence-corrected chi connectivity index (χ1v) is 6.55. The van der Waals surface area contributed by atoms with Gasteiger partial charge in [-0.3, -0.25) is 0 Å². The minimum absolute atomic E-state index is 0.939. The average molecular weight is 255 g/mol. The average Bonchev–Trinajstić information content (AvgIpc) is 2.73. The van der Waals surface area contributed by atoms with Gasteiger partial charge in [-0.2, -0.15) is 0 Å². The Hall–Kier alpha value is -2.03. The van der Waals surface area contributed by atoms with E-state index in [1.165, 1.54) is 11.1 Å². The zero-order valence-corrected chi connectivity index (χ0v) is 11.9. The summed E-state index contributed by atoms with van der Waals surface area (Å²) in [5, 5.41) is 3.34. The monoisotopic (exact) mass is 255 g/mol. The first-order chi connectivity index (χ1) is 9.04. The SMILES string of the molecule is C=C(C)Nc1cc(C)ccc1CCn1cnc(C)c1. The maximum absolute atomic E-state index is 4.25. The molecule has 0 radical (unpaired) electrons. The van der Waals surface area contributed by atoms with Gasteiger partial charge in [-0.15, -0.1) is 0 Å². The van der Waals surface area contributed by atoms with Crippen LogP contribution in [0.5, 0.6) is 0 Å². The summed E-state index contributed by atoms with van der Waals surface area (Å²) in [6.45, 7) is 10.9. The molecule has 0 saturated heterocycles. The van der Waals surface area contributed by atoms with E-state index in [0.717, 1.165) is 30.0 Å². The molecule has 0 bridgehead atoms. The van der Waals surface area contributed by atoms with Crippen molar-refractivity contribution >= 4 is 5.69 Å². The van der Waals surface area contributed by atoms with Crippen LogP contribution in [0.15, 0.2) is 43.0 Å². The number of nitrogens with one attached hydrogen (secondary N) is 1. The number of allylic oxidation sites excluding steroid dienone is 1. The van der Waals surface area contributed by atoms with Gasteiger partial charge in [0, 0.05) is 24.1 Å². The van der Waals surface area contributed by atoms with Gasteiger partial charge in [-0.25, -0.2) is 4.98 Å². The lowest BCUT2D eigenvalue weighted by Gasteiger charge is -2.13. The van der Waals surface area contributed by atoms with Gasteiger partial charge >= 0.3 is 0 Å². The fourth-order valence-electron chi connectivity index (χ4n) is 2.10. The van der Waals surface area contributed by atoms with Crippen LogP contribution in [0, 0.1) is 13.8 Å². The number of hydrogen-bond donors (Lipinski definition) is 1. The number of aryl methyl sites for hydroxylation is 4. The molecule has 0 saturated carbocycles. The number of benzene rings is 1. The first kappa shape index (κ1) is 13.4. The van der Waals surface area contributed by atoms with E-state index in [1.54, 1.807) is 0 Å². The van der Waals surface area contributed by atoms with Gasteiger partial charge in [-0.05, 0) is 44.4 Å². The van der Waals surface area contributed by atoms with Crippen LogP contribution in [-0.4, -0.2) is 9.55 Å². The van der Waals surface area contributed by atoms with Crippen molar-refractivity contribution in [1.29, 1.82) is 0 Å². The molecule has 1 N–H and O–H groups in total. The Morgan fingerprint density at radius 3 is 2.79 bits per heavy atom. The Balaban J connectivity index is 2.12. The van der Waals surface area contributed by atoms with Crippen LogP contribution in [0.1, 0.15) is 23.7 Å². The summed E-state index contributed by atoms with van der Waals surface area (Å²) in [5.74, 6) is 0. The van der Waals surface area contributed by atoms with Crippen molar-refractivity contribution in [3.63, 3.8) is 0 Å². The first-order valence-electron chi connectivity index (χ1n) is 6.55. The zero-order valence-electron chi connectivity index (χ0n) is 11.9. The number of aromatic nitrogens is 2. The summed E-state index contributed by atoms with van der Waals surface area (Å²) in [7, 11) is 0. The minimum Gasteiger partial charge on any atom is -0.359 e. The van der Waals surface area contributed by atoms with Crippen LogP contribution in [0.2, 0.25) is 0 Å². The van der Waals surface area contributed by atoms with Crippen LogP contribution in [0.3, 0.4) is 0 Å². The summed E-state index contributed by atoms with van der Waals surface area (Å²) >= 11 is 0. The van der Waals surface area contributed by atoms with E-state index in [1.807, 2.05) is 20.2 Å². The Labute approximate surface area is 115 Å². The molecule has 0 fully saturated rings. The van der Waals surface area contributed by atoms with Crippen molar-refractivity contribution < 1.29 is 0 Å². The standard InChI is InChI=1S/C16H21N3/c1-12(2)18-16-9-13(3)5-6-15(16)7-8-19-10-14(4)17-11-19/h5-6,9-11,18H,1,7-8H2,2-4H3. The van der Waals surface area contributed by atoms with Gasteiger partial charge in [0.25, 0.3) is 0 Å². The molecule has 3 nitrogen and oxygen atoms in total. The molecule has 0 aliphatic carbocycles. The van der Waals surface area contributed by atoms with E-state index in [-0.39, 0.29) is 0 Å². The second-order valence-electron chi connectivity index (χ2n) is 5.07. The lowest BCUT2D eigenvalue weighted by molar-refractivity contribution is 0.696. The van der Waals surface area contributed by atoms with Crippen LogP contribution >= 0.6 is 0 Å². The van der Waals surface area contributed by atoms with E-state index in [0.29, 0.717) is 0 Å². The molecule has 0 spiro atoms. The van der Waals surface area contributed by atoms with E-state index in [9.17, 15) is 0 Å². The summed E-state index contributed by atoms with van der Waals surface area (Å²) in [5.41, 5.74) is 5.74. The van der Waals surface area contributed by atoms with Gasteiger partial charge in [0.05, 0.1) is 12.0 Å². The smallest absolute Gasteiger partial charge is 0.0949 e. The molecule has 0 amide bonds. The lowest BCUT2D eigenvalue weighted by atomic mass is 10.1. The summed E-state index contributed by atoms with van der Waals surface area (Å²) in [6, 6.07) is 6.51. The van der Waals surface area contributed by atoms with Crippen molar-refractivity contribution in [2.45, 2.75) is 33.7 Å². The molecule has 3 heteroatoms. The van der Waals surface area contributed by atoms with Crippen molar-refractivity contribution in [1.82, 2.24) is 9.55 Å². The van der Waals surface area contributed by atoms with Crippen LogP contribution in [0.4, 0.5) is 5.69 Å². The van der Waals surface area contributed by atoms with Crippen molar-refractivity contribution in [2.75, 3.05) is 5.32 Å². The van der Waals surface area contributed by atoms with Crippen LogP contribution < -0.4 is 5.32 Å². The van der Waals surface area contributed by atoms with E-state index < -0.39 is 0 Å². The Morgan fingerprint density at radius 2 is 2.16 bits per heavy atom. The highest BCUT2D eigenvalue weighted by atomic mass is 15.0. The molecule has 2 aromatic rings. The molecule has 0 unspecified atom stereocenters. The highest BCUT2D eigenvalue weighted by molar-refractivity contribution is 5.56. The quantitative estimate of drug-likeness (QED) is 0.883. The van der Waals surface area contributed by atoms with Gasteiger partial charge in [-0.1, -0.05) is 18.7 Å². The Morgan fingerprint density at radius 1 is 1.37 bits per heavy atom. The molecule has 1 aromatic carbocycles. The molecule has 1 aromatic heterocycles. The molecule has 0 aliphatic heterocycles. The fourth-order valence-corrected chi connectivity index (χ4v) is 2.10. The highest BCUT2D eigenvalue weighted by Crippen LogP contribution is 2.20. The van der Waals surface area contributed by atoms with Crippen LogP contribution in [0.25, 0.3) is 0 Å². The Bertz CT molecular complexity index is 581. The van der Waals surface area contributed by atoms with Crippen molar-refractivity contribution in [3.8, 4) is 0 Å². The van der Waals surface area contributed by atoms with Gasteiger partial charge in [0.15, 0.2) is 0 Å². The molecule has 19 heavy (non-hydrogen) atoms. The number of imidazole rings is 1. The van der Waals surface area contributed by atoms with Crippen LogP contribution in [-0.2, 0) is 13.0 Å². The predicted octanol–water partition coefficient (Wildman–Crippen LogP) is 3.69. The molecule has 0 aliphatic rings. The second kappa shape index (κ2) is 5.74. The maximum atomic E-state index is 4.25. The number of nitrogens with zero attached hydrogens (tertiary/aromatic N) is 2. The largest absolute Gasteiger partial charge is 0.359 e. The Kier molecular flexibility index (Phi) is 4.05. The van der Waals surface area contributed by atoms with Crippen molar-refractivity contribution in [3.05, 3.63) is 59.8 Å². The normalized spacial score (nSPS) is 10.5. The molecule has 2 rings (SSSR count). The molecular formula is C16H21N3. The summed E-state index contributed by atoms with van der Waals surface area (Å²) < 4.78 is 2.12. The van der Waals surface area contributed by atoms with E-state index in [4.69, 9.17) is 0 Å². The molecule has 1 heterocycles.